The van der Waals surface area contributed by atoms with E-state index in [9.17, 15) is 0 Å². The first-order valence-electron chi connectivity index (χ1n) is 3.00. The highest BCUT2D eigenvalue weighted by Crippen LogP contribution is 2.02. The third-order valence-corrected chi connectivity index (χ3v) is 1.19. The van der Waals surface area contributed by atoms with E-state index < -0.39 is 0 Å². The Morgan fingerprint density at radius 3 is 3.12 bits per heavy atom. The Morgan fingerprint density at radius 1 is 1.88 bits per heavy atom. The van der Waals surface area contributed by atoms with Gasteiger partial charge in [-0.25, -0.2) is 0 Å². The maximum absolute atomic E-state index is 4.95. The Hall–Kier alpha value is -0.500. The van der Waals surface area contributed by atoms with Gasteiger partial charge in [-0.3, -0.25) is 10.3 Å². The molecule has 0 saturated heterocycles. The predicted molar refractivity (Wildman–Crippen MR) is 32.1 cm³/mol. The molecule has 2 nitrogen and oxygen atoms in total. The highest BCUT2D eigenvalue weighted by atomic mass is 16.6. The molecule has 0 aromatic carbocycles. The Labute approximate surface area is 49.5 Å². The summed E-state index contributed by atoms with van der Waals surface area (Å²) >= 11 is 0. The van der Waals surface area contributed by atoms with Crippen molar-refractivity contribution >= 4 is 0 Å². The number of allylic oxidation sites excluding steroid dienone is 1. The SMILES string of the molecule is CCC1=CCCON1. The van der Waals surface area contributed by atoms with E-state index in [-0.39, 0.29) is 0 Å². The standard InChI is InChI=1S/C6H11NO/c1-2-6-4-3-5-8-7-6/h4,7H,2-3,5H2,1H3. The smallest absolute Gasteiger partial charge is 0.0781 e. The maximum atomic E-state index is 4.95. The van der Waals surface area contributed by atoms with Gasteiger partial charge >= 0.3 is 0 Å². The second kappa shape index (κ2) is 2.72. The van der Waals surface area contributed by atoms with Crippen molar-refractivity contribution in [1.29, 1.82) is 0 Å². The number of hydrogen-bond acceptors (Lipinski definition) is 2. The van der Waals surface area contributed by atoms with E-state index in [4.69, 9.17) is 4.84 Å². The zero-order valence-electron chi connectivity index (χ0n) is 5.11. The van der Waals surface area contributed by atoms with Gasteiger partial charge in [0.2, 0.25) is 0 Å². The van der Waals surface area contributed by atoms with E-state index in [1.54, 1.807) is 0 Å². The Bertz CT molecular complexity index is 98.7. The minimum absolute atomic E-state index is 0.809. The first kappa shape index (κ1) is 5.63. The third-order valence-electron chi connectivity index (χ3n) is 1.19. The zero-order valence-corrected chi connectivity index (χ0v) is 5.11. The average molecular weight is 113 g/mol. The molecular weight excluding hydrogens is 102 g/mol. The maximum Gasteiger partial charge on any atom is 0.0781 e. The van der Waals surface area contributed by atoms with E-state index in [0.717, 1.165) is 19.4 Å². The van der Waals surface area contributed by atoms with Crippen molar-refractivity contribution in [2.45, 2.75) is 19.8 Å². The van der Waals surface area contributed by atoms with E-state index in [1.807, 2.05) is 0 Å². The van der Waals surface area contributed by atoms with Crippen molar-refractivity contribution in [3.05, 3.63) is 11.8 Å². The number of rotatable bonds is 1. The van der Waals surface area contributed by atoms with Crippen LogP contribution in [0.3, 0.4) is 0 Å². The summed E-state index contributed by atoms with van der Waals surface area (Å²) in [6, 6.07) is 0. The van der Waals surface area contributed by atoms with Gasteiger partial charge in [-0.1, -0.05) is 13.0 Å². The average Bonchev–Trinajstić information content (AvgIpc) is 1.90. The van der Waals surface area contributed by atoms with Gasteiger partial charge in [0.25, 0.3) is 0 Å². The van der Waals surface area contributed by atoms with Crippen LogP contribution in [0.1, 0.15) is 19.8 Å². The quantitative estimate of drug-likeness (QED) is 0.551. The summed E-state index contributed by atoms with van der Waals surface area (Å²) in [5.74, 6) is 0. The fourth-order valence-electron chi connectivity index (χ4n) is 0.694. The van der Waals surface area contributed by atoms with Crippen LogP contribution in [-0.2, 0) is 4.84 Å². The molecule has 0 spiro atoms. The molecule has 8 heavy (non-hydrogen) atoms. The summed E-state index contributed by atoms with van der Waals surface area (Å²) < 4.78 is 0. The molecular formula is C6H11NO. The minimum atomic E-state index is 0.809. The van der Waals surface area contributed by atoms with Gasteiger partial charge in [0.1, 0.15) is 0 Å². The van der Waals surface area contributed by atoms with Crippen molar-refractivity contribution < 1.29 is 4.84 Å². The summed E-state index contributed by atoms with van der Waals surface area (Å²) in [5, 5.41) is 0. The molecule has 0 atom stereocenters. The molecule has 0 bridgehead atoms. The van der Waals surface area contributed by atoms with Crippen LogP contribution in [0, 0.1) is 0 Å². The molecule has 0 aliphatic carbocycles. The lowest BCUT2D eigenvalue weighted by Gasteiger charge is -2.12. The molecule has 0 aromatic heterocycles. The van der Waals surface area contributed by atoms with Gasteiger partial charge in [-0.05, 0) is 12.8 Å². The Kier molecular flexibility index (Phi) is 1.92. The van der Waals surface area contributed by atoms with Crippen LogP contribution in [0.4, 0.5) is 0 Å². The third kappa shape index (κ3) is 1.23. The monoisotopic (exact) mass is 113 g/mol. The summed E-state index contributed by atoms with van der Waals surface area (Å²) in [4.78, 5) is 4.95. The Balaban J connectivity index is 2.37. The second-order valence-corrected chi connectivity index (χ2v) is 1.82. The van der Waals surface area contributed by atoms with Gasteiger partial charge in [0, 0.05) is 5.70 Å². The zero-order chi connectivity index (χ0) is 5.82. The van der Waals surface area contributed by atoms with Gasteiger partial charge in [-0.2, -0.15) is 0 Å². The predicted octanol–water partition coefficient (Wildman–Crippen LogP) is 1.21. The molecule has 0 radical (unpaired) electrons. The first-order chi connectivity index (χ1) is 3.93. The molecule has 1 N–H and O–H groups in total. The molecule has 46 valence electrons. The van der Waals surface area contributed by atoms with Crippen LogP contribution in [0.25, 0.3) is 0 Å². The van der Waals surface area contributed by atoms with Crippen molar-refractivity contribution in [1.82, 2.24) is 5.48 Å². The van der Waals surface area contributed by atoms with Gasteiger partial charge in [0.05, 0.1) is 6.61 Å². The number of hydrogen-bond donors (Lipinski definition) is 1. The van der Waals surface area contributed by atoms with Crippen LogP contribution in [0.5, 0.6) is 0 Å². The second-order valence-electron chi connectivity index (χ2n) is 1.82. The molecule has 0 fully saturated rings. The van der Waals surface area contributed by atoms with Gasteiger partial charge in [0.15, 0.2) is 0 Å². The largest absolute Gasteiger partial charge is 0.276 e. The summed E-state index contributed by atoms with van der Waals surface area (Å²) in [7, 11) is 0. The van der Waals surface area contributed by atoms with Crippen molar-refractivity contribution in [2.75, 3.05) is 6.61 Å². The first-order valence-corrected chi connectivity index (χ1v) is 3.00. The molecule has 1 aliphatic heterocycles. The van der Waals surface area contributed by atoms with Crippen LogP contribution in [0.2, 0.25) is 0 Å². The molecule has 0 amide bonds. The normalized spacial score (nSPS) is 19.4. The molecule has 1 rings (SSSR count). The fourth-order valence-corrected chi connectivity index (χ4v) is 0.694. The topological polar surface area (TPSA) is 21.3 Å². The van der Waals surface area contributed by atoms with Crippen LogP contribution >= 0.6 is 0 Å². The molecule has 0 unspecified atom stereocenters. The highest BCUT2D eigenvalue weighted by molar-refractivity contribution is 4.97. The summed E-state index contributed by atoms with van der Waals surface area (Å²) in [5.41, 5.74) is 4.03. The molecule has 0 aromatic rings. The van der Waals surface area contributed by atoms with E-state index in [0.29, 0.717) is 0 Å². The van der Waals surface area contributed by atoms with Crippen LogP contribution < -0.4 is 5.48 Å². The molecule has 1 aliphatic rings. The summed E-state index contributed by atoms with van der Waals surface area (Å²) in [6.45, 7) is 2.91. The fraction of sp³-hybridized carbons (Fsp3) is 0.667. The van der Waals surface area contributed by atoms with E-state index in [2.05, 4.69) is 18.5 Å². The minimum Gasteiger partial charge on any atom is -0.276 e. The van der Waals surface area contributed by atoms with Gasteiger partial charge in [-0.15, -0.1) is 0 Å². The Morgan fingerprint density at radius 2 is 2.75 bits per heavy atom. The lowest BCUT2D eigenvalue weighted by atomic mass is 10.3. The highest BCUT2D eigenvalue weighted by Gasteiger charge is 1.97. The lowest BCUT2D eigenvalue weighted by Crippen LogP contribution is -2.18. The molecule has 1 heterocycles. The van der Waals surface area contributed by atoms with Crippen LogP contribution in [0.15, 0.2) is 11.8 Å². The number of hydroxylamine groups is 1. The number of nitrogens with one attached hydrogen (secondary N) is 1. The van der Waals surface area contributed by atoms with Gasteiger partial charge < -0.3 is 0 Å². The lowest BCUT2D eigenvalue weighted by molar-refractivity contribution is 0.0536. The van der Waals surface area contributed by atoms with Crippen LogP contribution in [-0.4, -0.2) is 6.61 Å². The molecule has 2 heteroatoms. The van der Waals surface area contributed by atoms with E-state index >= 15 is 0 Å². The van der Waals surface area contributed by atoms with Crippen molar-refractivity contribution in [3.8, 4) is 0 Å². The summed E-state index contributed by atoms with van der Waals surface area (Å²) in [6.07, 6.45) is 4.26. The van der Waals surface area contributed by atoms with E-state index in [1.165, 1.54) is 5.70 Å². The van der Waals surface area contributed by atoms with Crippen molar-refractivity contribution in [3.63, 3.8) is 0 Å². The molecule has 0 saturated carbocycles. The van der Waals surface area contributed by atoms with Crippen molar-refractivity contribution in [2.24, 2.45) is 0 Å².